The number of aliphatic hydroxyl groups is 1. The van der Waals surface area contributed by atoms with Gasteiger partial charge in [-0.05, 0) is 36.5 Å². The maximum atomic E-state index is 11.6. The van der Waals surface area contributed by atoms with Gasteiger partial charge in [0.15, 0.2) is 6.20 Å². The molecule has 1 aromatic carbocycles. The van der Waals surface area contributed by atoms with Crippen molar-refractivity contribution >= 4 is 11.8 Å². The van der Waals surface area contributed by atoms with E-state index in [1.807, 2.05) is 12.1 Å². The summed E-state index contributed by atoms with van der Waals surface area (Å²) in [6.45, 7) is 0.289. The zero-order valence-corrected chi connectivity index (χ0v) is 13.7. The van der Waals surface area contributed by atoms with E-state index in [0.717, 1.165) is 24.0 Å². The summed E-state index contributed by atoms with van der Waals surface area (Å²) in [4.78, 5) is 0. The Kier molecular flexibility index (Phi) is 5.54. The van der Waals surface area contributed by atoms with E-state index >= 15 is 0 Å². The van der Waals surface area contributed by atoms with Crippen LogP contribution < -0.4 is 4.73 Å². The Labute approximate surface area is 140 Å². The number of benzene rings is 1. The number of pyridine rings is 1. The first kappa shape index (κ1) is 16.3. The second kappa shape index (κ2) is 7.81. The van der Waals surface area contributed by atoms with Crippen molar-refractivity contribution in [2.75, 3.05) is 12.4 Å². The van der Waals surface area contributed by atoms with Crippen LogP contribution in [-0.2, 0) is 11.2 Å². The lowest BCUT2D eigenvalue weighted by molar-refractivity contribution is -0.645. The third-order valence-corrected chi connectivity index (χ3v) is 5.18. The first-order chi connectivity index (χ1) is 11.2. The minimum absolute atomic E-state index is 0.0702. The highest BCUT2D eigenvalue weighted by Gasteiger charge is 2.21. The van der Waals surface area contributed by atoms with E-state index in [4.69, 9.17) is 4.74 Å². The third kappa shape index (κ3) is 4.25. The number of aliphatic hydroxyl groups excluding tert-OH is 1. The average Bonchev–Trinajstić information content (AvgIpc) is 2.59. The molecule has 0 radical (unpaired) electrons. The molecule has 1 N–H and O–H groups in total. The highest BCUT2D eigenvalue weighted by atomic mass is 32.2. The lowest BCUT2D eigenvalue weighted by Gasteiger charge is -2.26. The molecule has 1 heterocycles. The van der Waals surface area contributed by atoms with Gasteiger partial charge in [-0.1, -0.05) is 36.0 Å². The van der Waals surface area contributed by atoms with Crippen molar-refractivity contribution in [1.29, 1.82) is 0 Å². The van der Waals surface area contributed by atoms with Gasteiger partial charge in [0, 0.05) is 17.9 Å². The first-order valence-corrected chi connectivity index (χ1v) is 8.91. The molecule has 0 saturated carbocycles. The van der Waals surface area contributed by atoms with E-state index in [1.54, 1.807) is 12.1 Å². The largest absolute Gasteiger partial charge is 0.618 e. The van der Waals surface area contributed by atoms with Crippen molar-refractivity contribution in [2.24, 2.45) is 0 Å². The van der Waals surface area contributed by atoms with Crippen LogP contribution in [0.1, 0.15) is 30.1 Å². The Balaban J connectivity index is 1.50. The summed E-state index contributed by atoms with van der Waals surface area (Å²) >= 11 is 1.35. The lowest BCUT2D eigenvalue weighted by Crippen LogP contribution is -2.29. The monoisotopic (exact) mass is 331 g/mol. The standard InChI is InChI=1S/C18H21NO3S/c20-15(13-23-18-10-3-4-11-19(18)21)12-22-17-9-5-7-14-6-1-2-8-16(14)17/h1-4,6,8,10-11,15,17,20H,5,7,9,12-13H2. The van der Waals surface area contributed by atoms with Gasteiger partial charge < -0.3 is 15.1 Å². The maximum Gasteiger partial charge on any atom is 0.251 e. The van der Waals surface area contributed by atoms with Gasteiger partial charge >= 0.3 is 0 Å². The van der Waals surface area contributed by atoms with Crippen LogP contribution in [0.5, 0.6) is 0 Å². The molecular formula is C18H21NO3S. The van der Waals surface area contributed by atoms with Crippen LogP contribution in [0.3, 0.4) is 0 Å². The SMILES string of the molecule is [O-][n+]1ccccc1SCC(O)COC1CCCc2ccccc21. The number of fused-ring (bicyclic) bond motifs is 1. The van der Waals surface area contributed by atoms with E-state index in [9.17, 15) is 10.3 Å². The number of aromatic nitrogens is 1. The highest BCUT2D eigenvalue weighted by Crippen LogP contribution is 2.32. The molecule has 5 heteroatoms. The van der Waals surface area contributed by atoms with Gasteiger partial charge in [-0.25, -0.2) is 0 Å². The topological polar surface area (TPSA) is 56.4 Å². The van der Waals surface area contributed by atoms with Crippen molar-refractivity contribution in [2.45, 2.75) is 36.5 Å². The molecule has 4 nitrogen and oxygen atoms in total. The van der Waals surface area contributed by atoms with Crippen LogP contribution in [0.4, 0.5) is 0 Å². The average molecular weight is 331 g/mol. The number of thioether (sulfide) groups is 1. The summed E-state index contributed by atoms with van der Waals surface area (Å²) in [6, 6.07) is 13.6. The van der Waals surface area contributed by atoms with Gasteiger partial charge in [0.05, 0.1) is 18.8 Å². The molecule has 2 atom stereocenters. The zero-order chi connectivity index (χ0) is 16.1. The molecule has 1 aromatic heterocycles. The molecule has 0 bridgehead atoms. The number of rotatable bonds is 6. The van der Waals surface area contributed by atoms with Crippen molar-refractivity contribution < 1.29 is 14.6 Å². The van der Waals surface area contributed by atoms with Crippen molar-refractivity contribution in [3.8, 4) is 0 Å². The van der Waals surface area contributed by atoms with Crippen LogP contribution in [0.25, 0.3) is 0 Å². The summed E-state index contributed by atoms with van der Waals surface area (Å²) in [5.41, 5.74) is 2.60. The number of hydrogen-bond donors (Lipinski definition) is 1. The highest BCUT2D eigenvalue weighted by molar-refractivity contribution is 7.99. The fraction of sp³-hybridized carbons (Fsp3) is 0.389. The summed E-state index contributed by atoms with van der Waals surface area (Å²) in [6.07, 6.45) is 4.16. The van der Waals surface area contributed by atoms with Gasteiger partial charge in [-0.3, -0.25) is 0 Å². The number of ether oxygens (including phenoxy) is 1. The maximum absolute atomic E-state index is 11.6. The van der Waals surface area contributed by atoms with Crippen LogP contribution in [0.2, 0.25) is 0 Å². The van der Waals surface area contributed by atoms with Crippen LogP contribution >= 0.6 is 11.8 Å². The van der Waals surface area contributed by atoms with Gasteiger partial charge in [0.1, 0.15) is 0 Å². The molecule has 0 spiro atoms. The molecule has 0 saturated heterocycles. The van der Waals surface area contributed by atoms with E-state index in [2.05, 4.69) is 18.2 Å². The molecule has 1 aliphatic carbocycles. The van der Waals surface area contributed by atoms with Crippen molar-refractivity contribution in [3.63, 3.8) is 0 Å². The zero-order valence-electron chi connectivity index (χ0n) is 12.9. The van der Waals surface area contributed by atoms with Crippen molar-refractivity contribution in [3.05, 3.63) is 65.0 Å². The van der Waals surface area contributed by atoms with Gasteiger partial charge in [-0.15, -0.1) is 0 Å². The Morgan fingerprint density at radius 3 is 2.96 bits per heavy atom. The number of nitrogens with zero attached hydrogens (tertiary/aromatic N) is 1. The molecule has 3 rings (SSSR count). The molecule has 23 heavy (non-hydrogen) atoms. The Morgan fingerprint density at radius 2 is 2.09 bits per heavy atom. The van der Waals surface area contributed by atoms with E-state index in [0.29, 0.717) is 10.8 Å². The first-order valence-electron chi connectivity index (χ1n) is 7.92. The minimum Gasteiger partial charge on any atom is -0.618 e. The van der Waals surface area contributed by atoms with Gasteiger partial charge in [0.2, 0.25) is 0 Å². The lowest BCUT2D eigenvalue weighted by atomic mass is 9.89. The predicted molar refractivity (Wildman–Crippen MR) is 90.2 cm³/mol. The van der Waals surface area contributed by atoms with Gasteiger partial charge in [0.25, 0.3) is 5.03 Å². The smallest absolute Gasteiger partial charge is 0.251 e. The Bertz CT molecular complexity index is 650. The second-order valence-corrected chi connectivity index (χ2v) is 6.78. The molecule has 0 fully saturated rings. The number of hydrogen-bond acceptors (Lipinski definition) is 4. The Hall–Kier alpha value is -1.56. The quantitative estimate of drug-likeness (QED) is 0.502. The molecule has 0 amide bonds. The second-order valence-electron chi connectivity index (χ2n) is 5.74. The molecule has 2 unspecified atom stereocenters. The molecule has 1 aliphatic rings. The molecule has 0 aliphatic heterocycles. The Morgan fingerprint density at radius 1 is 1.26 bits per heavy atom. The predicted octanol–water partition coefficient (Wildman–Crippen LogP) is 2.87. The van der Waals surface area contributed by atoms with Crippen LogP contribution in [-0.4, -0.2) is 23.6 Å². The number of aryl methyl sites for hydroxylation is 1. The summed E-state index contributed by atoms with van der Waals surface area (Å²) in [5, 5.41) is 22.3. The van der Waals surface area contributed by atoms with Gasteiger partial charge in [-0.2, -0.15) is 4.73 Å². The van der Waals surface area contributed by atoms with Crippen molar-refractivity contribution in [1.82, 2.24) is 0 Å². The van der Waals surface area contributed by atoms with E-state index in [-0.39, 0.29) is 12.7 Å². The minimum atomic E-state index is -0.589. The molecular weight excluding hydrogens is 310 g/mol. The summed E-state index contributed by atoms with van der Waals surface area (Å²) in [5.74, 6) is 0.445. The normalized spacial score (nSPS) is 18.4. The fourth-order valence-electron chi connectivity index (χ4n) is 2.86. The molecule has 122 valence electrons. The summed E-state index contributed by atoms with van der Waals surface area (Å²) in [7, 11) is 0. The van der Waals surface area contributed by atoms with E-state index in [1.165, 1.54) is 29.1 Å². The van der Waals surface area contributed by atoms with E-state index < -0.39 is 6.10 Å². The fourth-order valence-corrected chi connectivity index (χ4v) is 3.69. The summed E-state index contributed by atoms with van der Waals surface area (Å²) < 4.78 is 6.76. The third-order valence-electron chi connectivity index (χ3n) is 4.02. The molecule has 2 aromatic rings. The van der Waals surface area contributed by atoms with Crippen LogP contribution in [0.15, 0.2) is 53.7 Å². The van der Waals surface area contributed by atoms with Crippen LogP contribution in [0, 0.1) is 5.21 Å².